The molecule has 0 aliphatic carbocycles. The summed E-state index contributed by atoms with van der Waals surface area (Å²) in [7, 11) is -3.03. The molecule has 2 aliphatic heterocycles. The zero-order valence-corrected chi connectivity index (χ0v) is 13.8. The minimum atomic E-state index is -3.03. The SMILES string of the molecule is O=C(NCc1cc(Br)cc2c1OCC2)C1CCS(=O)(=O)C1. The van der Waals surface area contributed by atoms with Crippen LogP contribution in [-0.2, 0) is 27.6 Å². The van der Waals surface area contributed by atoms with Crippen molar-refractivity contribution in [3.63, 3.8) is 0 Å². The van der Waals surface area contributed by atoms with Crippen LogP contribution < -0.4 is 10.1 Å². The Morgan fingerprint density at radius 2 is 2.24 bits per heavy atom. The fourth-order valence-electron chi connectivity index (χ4n) is 2.81. The first-order chi connectivity index (χ1) is 9.94. The molecule has 2 aliphatic rings. The van der Waals surface area contributed by atoms with Crippen molar-refractivity contribution in [3.8, 4) is 5.75 Å². The highest BCUT2D eigenvalue weighted by atomic mass is 79.9. The van der Waals surface area contributed by atoms with E-state index >= 15 is 0 Å². The van der Waals surface area contributed by atoms with Crippen LogP contribution in [0.1, 0.15) is 17.5 Å². The van der Waals surface area contributed by atoms with Gasteiger partial charge in [0.25, 0.3) is 0 Å². The van der Waals surface area contributed by atoms with Gasteiger partial charge in [0.15, 0.2) is 9.84 Å². The van der Waals surface area contributed by atoms with Gasteiger partial charge in [0.1, 0.15) is 5.75 Å². The zero-order valence-electron chi connectivity index (χ0n) is 11.4. The Bertz CT molecular complexity index is 686. The van der Waals surface area contributed by atoms with Gasteiger partial charge in [-0.25, -0.2) is 8.42 Å². The minimum Gasteiger partial charge on any atom is -0.493 e. The third-order valence-electron chi connectivity index (χ3n) is 3.88. The Hall–Kier alpha value is -1.08. The summed E-state index contributed by atoms with van der Waals surface area (Å²) in [5.41, 5.74) is 2.06. The average molecular weight is 374 g/mol. The van der Waals surface area contributed by atoms with Crippen LogP contribution in [0, 0.1) is 5.92 Å². The lowest BCUT2D eigenvalue weighted by Gasteiger charge is -2.12. The van der Waals surface area contributed by atoms with Gasteiger partial charge in [0.05, 0.1) is 24.0 Å². The molecule has 0 spiro atoms. The number of benzene rings is 1. The number of halogens is 1. The average Bonchev–Trinajstić information content (AvgIpc) is 3.01. The first-order valence-corrected chi connectivity index (χ1v) is 9.48. The third-order valence-corrected chi connectivity index (χ3v) is 6.11. The highest BCUT2D eigenvalue weighted by Crippen LogP contribution is 2.33. The predicted molar refractivity (Wildman–Crippen MR) is 81.9 cm³/mol. The van der Waals surface area contributed by atoms with Crippen molar-refractivity contribution in [3.05, 3.63) is 27.7 Å². The second-order valence-corrected chi connectivity index (χ2v) is 8.61. The summed E-state index contributed by atoms with van der Waals surface area (Å²) >= 11 is 3.46. The first-order valence-electron chi connectivity index (χ1n) is 6.87. The molecular weight excluding hydrogens is 358 g/mol. The van der Waals surface area contributed by atoms with Crippen LogP contribution in [0.3, 0.4) is 0 Å². The summed E-state index contributed by atoms with van der Waals surface area (Å²) in [5, 5.41) is 2.83. The molecule has 1 saturated heterocycles. The quantitative estimate of drug-likeness (QED) is 0.869. The zero-order chi connectivity index (χ0) is 15.0. The van der Waals surface area contributed by atoms with Crippen molar-refractivity contribution < 1.29 is 17.9 Å². The summed E-state index contributed by atoms with van der Waals surface area (Å²) < 4.78 is 29.4. The fraction of sp³-hybridized carbons (Fsp3) is 0.500. The van der Waals surface area contributed by atoms with E-state index in [1.807, 2.05) is 12.1 Å². The molecule has 1 unspecified atom stereocenters. The normalized spacial score (nSPS) is 22.6. The van der Waals surface area contributed by atoms with E-state index in [0.29, 0.717) is 19.6 Å². The highest BCUT2D eigenvalue weighted by molar-refractivity contribution is 9.10. The van der Waals surface area contributed by atoms with Crippen molar-refractivity contribution in [2.75, 3.05) is 18.1 Å². The van der Waals surface area contributed by atoms with Crippen LogP contribution in [0.25, 0.3) is 0 Å². The van der Waals surface area contributed by atoms with Crippen LogP contribution in [0.2, 0.25) is 0 Å². The molecule has 1 aromatic carbocycles. The molecule has 3 rings (SSSR count). The topological polar surface area (TPSA) is 72.5 Å². The van der Waals surface area contributed by atoms with Gasteiger partial charge < -0.3 is 10.1 Å². The molecule has 1 aromatic rings. The summed E-state index contributed by atoms with van der Waals surface area (Å²) in [4.78, 5) is 12.1. The number of fused-ring (bicyclic) bond motifs is 1. The lowest BCUT2D eigenvalue weighted by molar-refractivity contribution is -0.124. The minimum absolute atomic E-state index is 0.0358. The fourth-order valence-corrected chi connectivity index (χ4v) is 5.10. The number of hydrogen-bond acceptors (Lipinski definition) is 4. The molecule has 2 heterocycles. The van der Waals surface area contributed by atoms with Crippen molar-refractivity contribution in [1.29, 1.82) is 0 Å². The second kappa shape index (κ2) is 5.61. The molecule has 0 saturated carbocycles. The van der Waals surface area contributed by atoms with Crippen molar-refractivity contribution in [2.24, 2.45) is 5.92 Å². The number of amides is 1. The predicted octanol–water partition coefficient (Wildman–Crippen LogP) is 1.43. The summed E-state index contributed by atoms with van der Waals surface area (Å²) in [6, 6.07) is 3.95. The second-order valence-electron chi connectivity index (χ2n) is 5.47. The van der Waals surface area contributed by atoms with Crippen LogP contribution in [0.5, 0.6) is 5.75 Å². The molecule has 1 atom stereocenters. The molecule has 21 heavy (non-hydrogen) atoms. The van der Waals surface area contributed by atoms with E-state index in [4.69, 9.17) is 4.74 Å². The lowest BCUT2D eigenvalue weighted by Crippen LogP contribution is -2.31. The molecule has 1 amide bonds. The van der Waals surface area contributed by atoms with E-state index in [9.17, 15) is 13.2 Å². The number of ether oxygens (including phenoxy) is 1. The van der Waals surface area contributed by atoms with Crippen LogP contribution >= 0.6 is 15.9 Å². The van der Waals surface area contributed by atoms with Crippen molar-refractivity contribution in [1.82, 2.24) is 5.32 Å². The number of sulfone groups is 1. The van der Waals surface area contributed by atoms with Gasteiger partial charge in [-0.2, -0.15) is 0 Å². The van der Waals surface area contributed by atoms with Gasteiger partial charge in [0.2, 0.25) is 5.91 Å². The summed E-state index contributed by atoms with van der Waals surface area (Å²) in [6.07, 6.45) is 1.29. The molecule has 1 fully saturated rings. The van der Waals surface area contributed by atoms with Gasteiger partial charge >= 0.3 is 0 Å². The highest BCUT2D eigenvalue weighted by Gasteiger charge is 2.32. The number of carbonyl (C=O) groups is 1. The lowest BCUT2D eigenvalue weighted by atomic mass is 10.1. The first kappa shape index (κ1) is 14.8. The van der Waals surface area contributed by atoms with Gasteiger partial charge in [-0.3, -0.25) is 4.79 Å². The monoisotopic (exact) mass is 373 g/mol. The van der Waals surface area contributed by atoms with Gasteiger partial charge in [0, 0.05) is 23.0 Å². The Balaban J connectivity index is 1.67. The Morgan fingerprint density at radius 3 is 2.95 bits per heavy atom. The summed E-state index contributed by atoms with van der Waals surface area (Å²) in [5.74, 6) is 0.309. The molecule has 0 bridgehead atoms. The Morgan fingerprint density at radius 1 is 1.43 bits per heavy atom. The van der Waals surface area contributed by atoms with Crippen molar-refractivity contribution >= 4 is 31.7 Å². The van der Waals surface area contributed by atoms with E-state index in [1.54, 1.807) is 0 Å². The molecule has 0 radical (unpaired) electrons. The number of rotatable bonds is 3. The van der Waals surface area contributed by atoms with Gasteiger partial charge in [-0.05, 0) is 24.1 Å². The van der Waals surface area contributed by atoms with Gasteiger partial charge in [-0.15, -0.1) is 0 Å². The van der Waals surface area contributed by atoms with Crippen LogP contribution in [-0.4, -0.2) is 32.4 Å². The van der Waals surface area contributed by atoms with E-state index in [1.165, 1.54) is 0 Å². The van der Waals surface area contributed by atoms with E-state index < -0.39 is 15.8 Å². The maximum absolute atomic E-state index is 12.1. The number of nitrogens with one attached hydrogen (secondary N) is 1. The van der Waals surface area contributed by atoms with E-state index in [2.05, 4.69) is 21.2 Å². The Labute approximate surface area is 132 Å². The smallest absolute Gasteiger partial charge is 0.224 e. The molecular formula is C14H16BrNO4S. The van der Waals surface area contributed by atoms with Crippen LogP contribution in [0.15, 0.2) is 16.6 Å². The van der Waals surface area contributed by atoms with E-state index in [-0.39, 0.29) is 17.4 Å². The molecule has 0 aromatic heterocycles. The summed E-state index contributed by atoms with van der Waals surface area (Å²) in [6.45, 7) is 1.02. The third kappa shape index (κ3) is 3.23. The maximum Gasteiger partial charge on any atom is 0.224 e. The molecule has 114 valence electrons. The van der Waals surface area contributed by atoms with Crippen molar-refractivity contribution in [2.45, 2.75) is 19.4 Å². The molecule has 7 heteroatoms. The van der Waals surface area contributed by atoms with E-state index in [0.717, 1.165) is 27.8 Å². The molecule has 1 N–H and O–H groups in total. The molecule has 5 nitrogen and oxygen atoms in total. The number of carbonyl (C=O) groups excluding carboxylic acids is 1. The maximum atomic E-state index is 12.1. The van der Waals surface area contributed by atoms with Crippen LogP contribution in [0.4, 0.5) is 0 Å². The largest absolute Gasteiger partial charge is 0.493 e. The standard InChI is InChI=1S/C14H16BrNO4S/c15-12-5-9-1-3-20-13(9)11(6-12)7-16-14(17)10-2-4-21(18,19)8-10/h5-6,10H,1-4,7-8H2,(H,16,17). The van der Waals surface area contributed by atoms with Gasteiger partial charge in [-0.1, -0.05) is 15.9 Å². The Kier molecular flexibility index (Phi) is 3.96. The number of hydrogen-bond donors (Lipinski definition) is 1.